The zero-order valence-corrected chi connectivity index (χ0v) is 12.9. The van der Waals surface area contributed by atoms with Crippen LogP contribution in [0.5, 0.6) is 0 Å². The smallest absolute Gasteiger partial charge is 0.339 e. The molecule has 23 heavy (non-hydrogen) atoms. The lowest BCUT2D eigenvalue weighted by atomic mass is 10.2. The Morgan fingerprint density at radius 3 is 2.09 bits per heavy atom. The molecular formula is C16H13F3O3S. The van der Waals surface area contributed by atoms with E-state index in [9.17, 15) is 21.6 Å². The summed E-state index contributed by atoms with van der Waals surface area (Å²) in [5.74, 6) is -2.95. The van der Waals surface area contributed by atoms with E-state index < -0.39 is 28.1 Å². The van der Waals surface area contributed by atoms with Gasteiger partial charge in [0, 0.05) is 5.56 Å². The van der Waals surface area contributed by atoms with Crippen LogP contribution in [0, 0.1) is 6.92 Å². The Hall–Kier alpha value is -2.28. The molecule has 0 saturated carbocycles. The van der Waals surface area contributed by atoms with Crippen molar-refractivity contribution in [2.45, 2.75) is 18.2 Å². The van der Waals surface area contributed by atoms with E-state index in [4.69, 9.17) is 0 Å². The topological polar surface area (TPSA) is 43.4 Å². The zero-order chi connectivity index (χ0) is 17.0. The Bertz CT molecular complexity index is 798. The fourth-order valence-corrected chi connectivity index (χ4v) is 2.74. The quantitative estimate of drug-likeness (QED) is 0.601. The SMILES string of the molecule is Cc1ccc(S(=O)(=O)O/C(=C(/F)C(F)F)c2ccccc2)cc1. The molecule has 3 nitrogen and oxygen atoms in total. The third kappa shape index (κ3) is 4.13. The van der Waals surface area contributed by atoms with Crippen molar-refractivity contribution in [3.8, 4) is 0 Å². The van der Waals surface area contributed by atoms with Crippen LogP contribution >= 0.6 is 0 Å². The van der Waals surface area contributed by atoms with Crippen LogP contribution in [0.4, 0.5) is 13.2 Å². The van der Waals surface area contributed by atoms with Crippen molar-refractivity contribution in [2.75, 3.05) is 0 Å². The minimum atomic E-state index is -4.43. The third-order valence-electron chi connectivity index (χ3n) is 2.95. The summed E-state index contributed by atoms with van der Waals surface area (Å²) in [7, 11) is -4.43. The molecule has 2 aromatic carbocycles. The van der Waals surface area contributed by atoms with Crippen LogP contribution in [-0.4, -0.2) is 14.8 Å². The Labute approximate surface area is 132 Å². The standard InChI is InChI=1S/C16H13F3O3S/c1-11-7-9-13(10-8-11)23(20,21)22-15(14(17)16(18)19)12-5-3-2-4-6-12/h2-10,16H,1H3/b15-14+. The van der Waals surface area contributed by atoms with Crippen molar-refractivity contribution in [1.29, 1.82) is 0 Å². The van der Waals surface area contributed by atoms with Gasteiger partial charge in [-0.1, -0.05) is 48.0 Å². The Kier molecular flexibility index (Phi) is 5.10. The predicted molar refractivity (Wildman–Crippen MR) is 79.9 cm³/mol. The molecule has 0 bridgehead atoms. The van der Waals surface area contributed by atoms with E-state index in [1.54, 1.807) is 13.0 Å². The number of benzene rings is 2. The highest BCUT2D eigenvalue weighted by atomic mass is 32.2. The summed E-state index contributed by atoms with van der Waals surface area (Å²) in [6, 6.07) is 12.6. The van der Waals surface area contributed by atoms with Crippen LogP contribution in [0.2, 0.25) is 0 Å². The number of hydrogen-bond acceptors (Lipinski definition) is 3. The molecule has 0 unspecified atom stereocenters. The summed E-state index contributed by atoms with van der Waals surface area (Å²) in [4.78, 5) is -0.251. The molecule has 2 aromatic rings. The van der Waals surface area contributed by atoms with Gasteiger partial charge in [0.1, 0.15) is 4.90 Å². The fraction of sp³-hybridized carbons (Fsp3) is 0.125. The first-order chi connectivity index (χ1) is 10.8. The second-order valence-corrected chi connectivity index (χ2v) is 6.24. The van der Waals surface area contributed by atoms with Gasteiger partial charge in [0.15, 0.2) is 5.76 Å². The van der Waals surface area contributed by atoms with Crippen molar-refractivity contribution >= 4 is 15.9 Å². The summed E-state index contributed by atoms with van der Waals surface area (Å²) >= 11 is 0. The first kappa shape index (κ1) is 17.1. The van der Waals surface area contributed by atoms with Crippen molar-refractivity contribution in [1.82, 2.24) is 0 Å². The highest BCUT2D eigenvalue weighted by Crippen LogP contribution is 2.29. The van der Waals surface area contributed by atoms with Gasteiger partial charge in [0.05, 0.1) is 0 Å². The van der Waals surface area contributed by atoms with Gasteiger partial charge in [-0.05, 0) is 19.1 Å². The number of hydrogen-bond donors (Lipinski definition) is 0. The maximum absolute atomic E-state index is 13.7. The van der Waals surface area contributed by atoms with Crippen molar-refractivity contribution in [2.24, 2.45) is 0 Å². The van der Waals surface area contributed by atoms with E-state index in [0.29, 0.717) is 0 Å². The van der Waals surface area contributed by atoms with E-state index in [1.165, 1.54) is 48.5 Å². The molecule has 0 radical (unpaired) electrons. The van der Waals surface area contributed by atoms with Crippen molar-refractivity contribution < 1.29 is 25.8 Å². The summed E-state index contributed by atoms with van der Waals surface area (Å²) in [6.07, 6.45) is -3.49. The van der Waals surface area contributed by atoms with E-state index in [2.05, 4.69) is 4.18 Å². The van der Waals surface area contributed by atoms with E-state index >= 15 is 0 Å². The summed E-state index contributed by atoms with van der Waals surface area (Å²) in [5.41, 5.74) is 0.711. The highest BCUT2D eigenvalue weighted by molar-refractivity contribution is 7.87. The Balaban J connectivity index is 2.46. The molecule has 0 fully saturated rings. The average molecular weight is 342 g/mol. The van der Waals surface area contributed by atoms with E-state index in [-0.39, 0.29) is 10.5 Å². The molecule has 0 N–H and O–H groups in total. The normalized spacial score (nSPS) is 12.9. The average Bonchev–Trinajstić information content (AvgIpc) is 2.53. The lowest BCUT2D eigenvalue weighted by Crippen LogP contribution is -2.09. The molecule has 0 aromatic heterocycles. The minimum Gasteiger partial charge on any atom is -0.375 e. The Morgan fingerprint density at radius 1 is 1.00 bits per heavy atom. The van der Waals surface area contributed by atoms with Gasteiger partial charge in [-0.15, -0.1) is 0 Å². The molecule has 122 valence electrons. The molecule has 0 saturated heterocycles. The van der Waals surface area contributed by atoms with E-state index in [0.717, 1.165) is 5.56 Å². The van der Waals surface area contributed by atoms with Crippen LogP contribution in [0.25, 0.3) is 5.76 Å². The summed E-state index contributed by atoms with van der Waals surface area (Å²) < 4.78 is 68.1. The van der Waals surface area contributed by atoms with Crippen LogP contribution in [0.1, 0.15) is 11.1 Å². The van der Waals surface area contributed by atoms with Crippen LogP contribution in [-0.2, 0) is 14.3 Å². The second kappa shape index (κ2) is 6.87. The van der Waals surface area contributed by atoms with Crippen LogP contribution < -0.4 is 0 Å². The maximum Gasteiger partial charge on any atom is 0.339 e. The Morgan fingerprint density at radius 2 is 1.57 bits per heavy atom. The molecule has 0 aliphatic carbocycles. The lowest BCUT2D eigenvalue weighted by Gasteiger charge is -2.12. The number of aryl methyl sites for hydroxylation is 1. The molecule has 2 rings (SSSR count). The van der Waals surface area contributed by atoms with Gasteiger partial charge >= 0.3 is 10.1 Å². The van der Waals surface area contributed by atoms with Gasteiger partial charge in [-0.2, -0.15) is 8.42 Å². The monoisotopic (exact) mass is 342 g/mol. The molecule has 0 aliphatic heterocycles. The molecule has 0 spiro atoms. The lowest BCUT2D eigenvalue weighted by molar-refractivity contribution is 0.157. The highest BCUT2D eigenvalue weighted by Gasteiger charge is 2.26. The number of alkyl halides is 2. The molecule has 0 atom stereocenters. The molecule has 0 amide bonds. The zero-order valence-electron chi connectivity index (χ0n) is 12.0. The number of allylic oxidation sites excluding steroid dienone is 1. The largest absolute Gasteiger partial charge is 0.375 e. The number of halogens is 3. The van der Waals surface area contributed by atoms with E-state index in [1.807, 2.05) is 0 Å². The minimum absolute atomic E-state index is 0.0963. The van der Waals surface area contributed by atoms with Crippen LogP contribution in [0.15, 0.2) is 65.3 Å². The van der Waals surface area contributed by atoms with Crippen LogP contribution in [0.3, 0.4) is 0 Å². The second-order valence-electron chi connectivity index (χ2n) is 4.69. The predicted octanol–water partition coefficient (Wildman–Crippen LogP) is 4.30. The third-order valence-corrected chi connectivity index (χ3v) is 4.18. The summed E-state index contributed by atoms with van der Waals surface area (Å²) in [6.45, 7) is 1.75. The van der Waals surface area contributed by atoms with Gasteiger partial charge < -0.3 is 4.18 Å². The number of rotatable bonds is 5. The first-order valence-corrected chi connectivity index (χ1v) is 7.96. The van der Waals surface area contributed by atoms with Crippen molar-refractivity contribution in [3.63, 3.8) is 0 Å². The van der Waals surface area contributed by atoms with Crippen molar-refractivity contribution in [3.05, 3.63) is 71.6 Å². The molecule has 0 heterocycles. The van der Waals surface area contributed by atoms with Gasteiger partial charge in [-0.25, -0.2) is 13.2 Å². The summed E-state index contributed by atoms with van der Waals surface area (Å²) in [5, 5.41) is 0. The molecule has 0 aliphatic rings. The van der Waals surface area contributed by atoms with Gasteiger partial charge in [0.25, 0.3) is 6.43 Å². The first-order valence-electron chi connectivity index (χ1n) is 6.55. The maximum atomic E-state index is 13.7. The van der Waals surface area contributed by atoms with Gasteiger partial charge in [-0.3, -0.25) is 0 Å². The molecular weight excluding hydrogens is 329 g/mol. The van der Waals surface area contributed by atoms with Gasteiger partial charge in [0.2, 0.25) is 5.83 Å². The molecule has 7 heteroatoms. The fourth-order valence-electron chi connectivity index (χ4n) is 1.78.